The number of rotatable bonds is 11. The zero-order valence-corrected chi connectivity index (χ0v) is 11.8. The van der Waals surface area contributed by atoms with Gasteiger partial charge in [0.05, 0.1) is 0 Å². The summed E-state index contributed by atoms with van der Waals surface area (Å²) in [6, 6.07) is 0. The Bertz CT molecular complexity index is 220. The minimum atomic E-state index is -4.37. The van der Waals surface area contributed by atoms with E-state index in [1.165, 1.54) is 32.1 Å². The van der Waals surface area contributed by atoms with Crippen molar-refractivity contribution >= 4 is 7.82 Å². The van der Waals surface area contributed by atoms with Crippen LogP contribution in [0, 0.1) is 0 Å². The minimum Gasteiger partial charge on any atom is -0.303 e. The van der Waals surface area contributed by atoms with Crippen LogP contribution in [0.1, 0.15) is 58.3 Å². The molecule has 5 nitrogen and oxygen atoms in total. The molecule has 0 bridgehead atoms. The molecule has 0 saturated carbocycles. The zero-order chi connectivity index (χ0) is 13.1. The van der Waals surface area contributed by atoms with Crippen LogP contribution in [0.3, 0.4) is 0 Å². The van der Waals surface area contributed by atoms with Crippen LogP contribution < -0.4 is 5.32 Å². The van der Waals surface area contributed by atoms with E-state index in [0.717, 1.165) is 12.8 Å². The normalized spacial score (nSPS) is 13.9. The molecule has 3 N–H and O–H groups in total. The van der Waals surface area contributed by atoms with Crippen molar-refractivity contribution in [2.45, 2.75) is 64.5 Å². The van der Waals surface area contributed by atoms with Gasteiger partial charge in [0.25, 0.3) is 0 Å². The number of phosphoric acid groups is 1. The highest BCUT2D eigenvalue weighted by molar-refractivity contribution is 7.46. The molecule has 0 saturated heterocycles. The summed E-state index contributed by atoms with van der Waals surface area (Å²) < 4.78 is 15.2. The third kappa shape index (κ3) is 12.3. The number of nitrogens with one attached hydrogen (secondary N) is 1. The smallest absolute Gasteiger partial charge is 0.303 e. The first kappa shape index (κ1) is 17.1. The molecule has 104 valence electrons. The van der Waals surface area contributed by atoms with Gasteiger partial charge in [-0.15, -0.1) is 0 Å². The van der Waals surface area contributed by atoms with E-state index < -0.39 is 14.1 Å². The highest BCUT2D eigenvalue weighted by Crippen LogP contribution is 2.37. The second-order valence-electron chi connectivity index (χ2n) is 4.28. The number of hydrogen-bond acceptors (Lipinski definition) is 3. The summed E-state index contributed by atoms with van der Waals surface area (Å²) in [6.45, 7) is 2.19. The van der Waals surface area contributed by atoms with Crippen molar-refractivity contribution in [1.29, 1.82) is 0 Å². The van der Waals surface area contributed by atoms with Gasteiger partial charge in [-0.1, -0.05) is 45.4 Å². The largest absolute Gasteiger partial charge is 0.471 e. The minimum absolute atomic E-state index is 0.550. The second-order valence-corrected chi connectivity index (χ2v) is 5.48. The molecule has 0 aromatic carbocycles. The van der Waals surface area contributed by atoms with Gasteiger partial charge in [0.2, 0.25) is 0 Å². The molecule has 0 amide bonds. The molecule has 0 fully saturated rings. The van der Waals surface area contributed by atoms with E-state index in [-0.39, 0.29) is 0 Å². The molecular weight excluding hydrogens is 241 g/mol. The summed E-state index contributed by atoms with van der Waals surface area (Å²) in [4.78, 5) is 17.3. The molecule has 0 radical (unpaired) electrons. The average molecular weight is 267 g/mol. The van der Waals surface area contributed by atoms with E-state index in [0.29, 0.717) is 6.42 Å². The maximum absolute atomic E-state index is 10.6. The van der Waals surface area contributed by atoms with Gasteiger partial charge in [-0.25, -0.2) is 4.57 Å². The maximum atomic E-state index is 10.6. The van der Waals surface area contributed by atoms with E-state index in [1.54, 1.807) is 7.05 Å². The lowest BCUT2D eigenvalue weighted by molar-refractivity contribution is 0.106. The molecule has 1 atom stereocenters. The van der Waals surface area contributed by atoms with Crippen LogP contribution in [-0.2, 0) is 9.09 Å². The fourth-order valence-corrected chi connectivity index (χ4v) is 2.24. The molecule has 0 aliphatic heterocycles. The lowest BCUT2D eigenvalue weighted by atomic mass is 10.1. The lowest BCUT2D eigenvalue weighted by Crippen LogP contribution is -2.27. The molecule has 0 aromatic rings. The van der Waals surface area contributed by atoms with Gasteiger partial charge in [-0.05, 0) is 19.9 Å². The summed E-state index contributed by atoms with van der Waals surface area (Å²) in [7, 11) is -2.73. The molecule has 0 heterocycles. The highest BCUT2D eigenvalue weighted by Gasteiger charge is 2.20. The first-order valence-corrected chi connectivity index (χ1v) is 7.94. The molecule has 1 unspecified atom stereocenters. The van der Waals surface area contributed by atoms with Gasteiger partial charge in [0.15, 0.2) is 0 Å². The Labute approximate surface area is 104 Å². The van der Waals surface area contributed by atoms with Gasteiger partial charge in [0.1, 0.15) is 6.23 Å². The Balaban J connectivity index is 3.47. The van der Waals surface area contributed by atoms with E-state index in [4.69, 9.17) is 9.79 Å². The van der Waals surface area contributed by atoms with Crippen LogP contribution in [0.4, 0.5) is 0 Å². The predicted octanol–water partition coefficient (Wildman–Crippen LogP) is 2.78. The van der Waals surface area contributed by atoms with Crippen molar-refractivity contribution in [1.82, 2.24) is 5.32 Å². The van der Waals surface area contributed by atoms with Crippen LogP contribution in [0.25, 0.3) is 0 Å². The molecule has 0 aromatic heterocycles. The van der Waals surface area contributed by atoms with E-state index in [9.17, 15) is 4.57 Å². The highest BCUT2D eigenvalue weighted by atomic mass is 31.2. The number of phosphoric ester groups is 1. The topological polar surface area (TPSA) is 78.8 Å². The molecule has 0 spiro atoms. The Morgan fingerprint density at radius 2 is 1.65 bits per heavy atom. The van der Waals surface area contributed by atoms with E-state index in [2.05, 4.69) is 16.8 Å². The first-order valence-electron chi connectivity index (χ1n) is 6.40. The average Bonchev–Trinajstić information content (AvgIpc) is 2.24. The van der Waals surface area contributed by atoms with E-state index >= 15 is 0 Å². The van der Waals surface area contributed by atoms with Crippen LogP contribution in [0.5, 0.6) is 0 Å². The Hall–Kier alpha value is 0.0700. The fraction of sp³-hybridized carbons (Fsp3) is 1.00. The summed E-state index contributed by atoms with van der Waals surface area (Å²) >= 11 is 0. The zero-order valence-electron chi connectivity index (χ0n) is 10.9. The van der Waals surface area contributed by atoms with Gasteiger partial charge >= 0.3 is 7.82 Å². The van der Waals surface area contributed by atoms with Crippen LogP contribution >= 0.6 is 7.82 Å². The lowest BCUT2D eigenvalue weighted by Gasteiger charge is -2.17. The maximum Gasteiger partial charge on any atom is 0.471 e. The molecule has 17 heavy (non-hydrogen) atoms. The van der Waals surface area contributed by atoms with Crippen LogP contribution in [0.2, 0.25) is 0 Å². The van der Waals surface area contributed by atoms with Crippen molar-refractivity contribution in [2.75, 3.05) is 7.05 Å². The second kappa shape index (κ2) is 10.0. The van der Waals surface area contributed by atoms with Gasteiger partial charge < -0.3 is 9.79 Å². The Morgan fingerprint density at radius 3 is 2.12 bits per heavy atom. The van der Waals surface area contributed by atoms with Gasteiger partial charge in [-0.2, -0.15) is 0 Å². The quantitative estimate of drug-likeness (QED) is 0.305. The third-order valence-corrected chi connectivity index (χ3v) is 3.19. The number of hydrogen-bond donors (Lipinski definition) is 3. The standard InChI is InChI=1S/C11H26NO4P/c1-3-4-5-6-7-8-9-10-11(12-2)16-17(13,14)15/h11-12H,3-10H2,1-2H3,(H2,13,14,15). The Kier molecular flexibility index (Phi) is 10.1. The summed E-state index contributed by atoms with van der Waals surface area (Å²) in [6.07, 6.45) is 8.36. The molecular formula is C11H26NO4P. The molecule has 0 rings (SSSR count). The van der Waals surface area contributed by atoms with Crippen LogP contribution in [-0.4, -0.2) is 23.1 Å². The predicted molar refractivity (Wildman–Crippen MR) is 68.6 cm³/mol. The molecule has 0 aliphatic carbocycles. The van der Waals surface area contributed by atoms with Crippen molar-refractivity contribution in [2.24, 2.45) is 0 Å². The van der Waals surface area contributed by atoms with Crippen molar-refractivity contribution < 1.29 is 18.9 Å². The Morgan fingerprint density at radius 1 is 1.12 bits per heavy atom. The van der Waals surface area contributed by atoms with Gasteiger partial charge in [0, 0.05) is 0 Å². The van der Waals surface area contributed by atoms with Crippen molar-refractivity contribution in [3.63, 3.8) is 0 Å². The molecule has 6 heteroatoms. The van der Waals surface area contributed by atoms with E-state index in [1.807, 2.05) is 0 Å². The monoisotopic (exact) mass is 267 g/mol. The number of unbranched alkanes of at least 4 members (excludes halogenated alkanes) is 6. The molecule has 0 aliphatic rings. The van der Waals surface area contributed by atoms with Gasteiger partial charge in [-0.3, -0.25) is 9.84 Å². The van der Waals surface area contributed by atoms with Crippen molar-refractivity contribution in [3.05, 3.63) is 0 Å². The summed E-state index contributed by atoms with van der Waals surface area (Å²) in [5, 5.41) is 2.76. The first-order chi connectivity index (χ1) is 7.99. The van der Waals surface area contributed by atoms with Crippen LogP contribution in [0.15, 0.2) is 0 Å². The fourth-order valence-electron chi connectivity index (χ4n) is 1.70. The third-order valence-electron chi connectivity index (χ3n) is 2.66. The van der Waals surface area contributed by atoms with Crippen molar-refractivity contribution in [3.8, 4) is 0 Å². The SMILES string of the molecule is CCCCCCCCCC(NC)OP(=O)(O)O. The summed E-state index contributed by atoms with van der Waals surface area (Å²) in [5.41, 5.74) is 0. The summed E-state index contributed by atoms with van der Waals surface area (Å²) in [5.74, 6) is 0.